The minimum atomic E-state index is 0.0903. The first-order valence-electron chi connectivity index (χ1n) is 6.39. The fourth-order valence-corrected chi connectivity index (χ4v) is 3.06. The van der Waals surface area contributed by atoms with Crippen LogP contribution in [-0.4, -0.2) is 35.0 Å². The van der Waals surface area contributed by atoms with E-state index >= 15 is 0 Å². The number of aromatic nitrogens is 2. The lowest BCUT2D eigenvalue weighted by Gasteiger charge is -2.38. The average molecular weight is 276 g/mol. The quantitative estimate of drug-likeness (QED) is 0.926. The predicted octanol–water partition coefficient (Wildman–Crippen LogP) is 1.65. The fourth-order valence-electron chi connectivity index (χ4n) is 2.11. The van der Waals surface area contributed by atoms with Gasteiger partial charge in [0.25, 0.3) is 0 Å². The van der Waals surface area contributed by atoms with Gasteiger partial charge in [-0.25, -0.2) is 4.98 Å². The zero-order valence-electron chi connectivity index (χ0n) is 11.0. The van der Waals surface area contributed by atoms with Crippen LogP contribution in [0.4, 0.5) is 5.13 Å². The largest absolute Gasteiger partial charge is 0.354 e. The molecule has 1 saturated heterocycles. The molecule has 1 aliphatic heterocycles. The number of nitrogens with one attached hydrogen (secondary N) is 1. The van der Waals surface area contributed by atoms with E-state index in [9.17, 15) is 4.79 Å². The Morgan fingerprint density at radius 3 is 3.00 bits per heavy atom. The monoisotopic (exact) mass is 276 g/mol. The van der Waals surface area contributed by atoms with Crippen molar-refractivity contribution >= 4 is 32.6 Å². The number of fused-ring (bicyclic) bond motifs is 1. The Bertz CT molecular complexity index is 570. The Balaban J connectivity index is 1.65. The smallest absolute Gasteiger partial charge is 0.226 e. The second-order valence-corrected chi connectivity index (χ2v) is 6.11. The predicted molar refractivity (Wildman–Crippen MR) is 76.4 cm³/mol. The molecule has 5 nitrogen and oxygen atoms in total. The van der Waals surface area contributed by atoms with Crippen LogP contribution in [0.5, 0.6) is 0 Å². The Labute approximate surface area is 115 Å². The van der Waals surface area contributed by atoms with Gasteiger partial charge in [-0.2, -0.15) is 0 Å². The van der Waals surface area contributed by atoms with Gasteiger partial charge in [0.1, 0.15) is 5.52 Å². The molecule has 0 aliphatic carbocycles. The minimum absolute atomic E-state index is 0.0903. The molecule has 0 radical (unpaired) electrons. The van der Waals surface area contributed by atoms with Gasteiger partial charge in [0.05, 0.1) is 16.8 Å². The first-order valence-corrected chi connectivity index (χ1v) is 7.21. The molecule has 2 aromatic heterocycles. The topological polar surface area (TPSA) is 58.1 Å². The van der Waals surface area contributed by atoms with Gasteiger partial charge in [0.15, 0.2) is 5.13 Å². The van der Waals surface area contributed by atoms with Gasteiger partial charge in [-0.15, -0.1) is 0 Å². The molecule has 2 aromatic rings. The lowest BCUT2D eigenvalue weighted by atomic mass is 10.00. The van der Waals surface area contributed by atoms with Crippen molar-refractivity contribution < 1.29 is 4.79 Å². The molecule has 0 saturated carbocycles. The number of anilines is 1. The summed E-state index contributed by atoms with van der Waals surface area (Å²) in [6, 6.07) is 2.18. The van der Waals surface area contributed by atoms with Crippen molar-refractivity contribution in [2.45, 2.75) is 19.9 Å². The highest BCUT2D eigenvalue weighted by Gasteiger charge is 2.34. The highest BCUT2D eigenvalue weighted by atomic mass is 32.1. The highest BCUT2D eigenvalue weighted by Crippen LogP contribution is 2.32. The number of pyridine rings is 1. The van der Waals surface area contributed by atoms with Gasteiger partial charge in [-0.1, -0.05) is 11.3 Å². The van der Waals surface area contributed by atoms with Gasteiger partial charge < -0.3 is 10.2 Å². The normalized spacial score (nSPS) is 15.8. The molecule has 0 aromatic carbocycles. The Morgan fingerprint density at radius 1 is 1.53 bits per heavy atom. The van der Waals surface area contributed by atoms with Crippen LogP contribution in [0.25, 0.3) is 10.2 Å². The summed E-state index contributed by atoms with van der Waals surface area (Å²) in [5, 5.41) is 3.93. The number of rotatable bonds is 3. The summed E-state index contributed by atoms with van der Waals surface area (Å²) < 4.78 is 1.14. The van der Waals surface area contributed by atoms with E-state index in [0.29, 0.717) is 0 Å². The van der Waals surface area contributed by atoms with Crippen LogP contribution < -0.4 is 10.2 Å². The second-order valence-electron chi connectivity index (χ2n) is 5.11. The van der Waals surface area contributed by atoms with E-state index in [0.717, 1.165) is 28.4 Å². The van der Waals surface area contributed by atoms with Crippen LogP contribution in [-0.2, 0) is 4.79 Å². The zero-order chi connectivity index (χ0) is 13.4. The van der Waals surface area contributed by atoms with Gasteiger partial charge >= 0.3 is 0 Å². The summed E-state index contributed by atoms with van der Waals surface area (Å²) in [5.41, 5.74) is 0.928. The van der Waals surface area contributed by atoms with Crippen molar-refractivity contribution in [2.75, 3.05) is 18.0 Å². The van der Waals surface area contributed by atoms with Crippen LogP contribution in [0, 0.1) is 5.92 Å². The summed E-state index contributed by atoms with van der Waals surface area (Å²) in [6.07, 6.45) is 3.55. The minimum Gasteiger partial charge on any atom is -0.354 e. The van der Waals surface area contributed by atoms with E-state index in [1.807, 2.05) is 19.9 Å². The average Bonchev–Trinajstić information content (AvgIpc) is 2.68. The molecule has 1 N–H and O–H groups in total. The third kappa shape index (κ3) is 2.40. The van der Waals surface area contributed by atoms with E-state index in [1.54, 1.807) is 23.7 Å². The SMILES string of the molecule is CC(C)NC(=O)C1CN(c2nc3cnccc3s2)C1. The molecule has 100 valence electrons. The van der Waals surface area contributed by atoms with Crippen molar-refractivity contribution in [2.24, 2.45) is 5.92 Å². The van der Waals surface area contributed by atoms with Gasteiger partial charge in [-0.05, 0) is 19.9 Å². The van der Waals surface area contributed by atoms with Crippen LogP contribution in [0.1, 0.15) is 13.8 Å². The van der Waals surface area contributed by atoms with Crippen LogP contribution in [0.15, 0.2) is 18.5 Å². The number of thiazole rings is 1. The third-order valence-corrected chi connectivity index (χ3v) is 4.23. The van der Waals surface area contributed by atoms with E-state index in [2.05, 4.69) is 20.2 Å². The second kappa shape index (κ2) is 4.77. The van der Waals surface area contributed by atoms with Gasteiger partial charge in [0, 0.05) is 25.3 Å². The van der Waals surface area contributed by atoms with E-state index in [1.165, 1.54) is 0 Å². The van der Waals surface area contributed by atoms with Gasteiger partial charge in [-0.3, -0.25) is 9.78 Å². The summed E-state index contributed by atoms with van der Waals surface area (Å²) in [5.74, 6) is 0.238. The Morgan fingerprint density at radius 2 is 2.32 bits per heavy atom. The maximum absolute atomic E-state index is 11.8. The lowest BCUT2D eigenvalue weighted by molar-refractivity contribution is -0.126. The number of amides is 1. The van der Waals surface area contributed by atoms with Crippen LogP contribution >= 0.6 is 11.3 Å². The first kappa shape index (κ1) is 12.3. The molecule has 1 amide bonds. The van der Waals surface area contributed by atoms with Gasteiger partial charge in [0.2, 0.25) is 5.91 Å². The Hall–Kier alpha value is -1.69. The molecule has 19 heavy (non-hydrogen) atoms. The standard InChI is InChI=1S/C13H16N4OS/c1-8(2)15-12(18)9-6-17(7-9)13-16-10-5-14-4-3-11(10)19-13/h3-5,8-9H,6-7H2,1-2H3,(H,15,18). The van der Waals surface area contributed by atoms with E-state index in [4.69, 9.17) is 0 Å². The number of nitrogens with zero attached hydrogens (tertiary/aromatic N) is 3. The summed E-state index contributed by atoms with van der Waals surface area (Å²) >= 11 is 1.65. The summed E-state index contributed by atoms with van der Waals surface area (Å²) in [7, 11) is 0. The molecule has 1 fully saturated rings. The maximum Gasteiger partial charge on any atom is 0.226 e. The van der Waals surface area contributed by atoms with Crippen LogP contribution in [0.3, 0.4) is 0 Å². The van der Waals surface area contributed by atoms with Crippen LogP contribution in [0.2, 0.25) is 0 Å². The number of hydrogen-bond donors (Lipinski definition) is 1. The molecule has 0 spiro atoms. The lowest BCUT2D eigenvalue weighted by Crippen LogP contribution is -2.54. The highest BCUT2D eigenvalue weighted by molar-refractivity contribution is 7.22. The fraction of sp³-hybridized carbons (Fsp3) is 0.462. The number of carbonyl (C=O) groups excluding carboxylic acids is 1. The Kier molecular flexibility index (Phi) is 3.10. The zero-order valence-corrected chi connectivity index (χ0v) is 11.8. The van der Waals surface area contributed by atoms with Crippen molar-refractivity contribution in [3.63, 3.8) is 0 Å². The third-order valence-electron chi connectivity index (χ3n) is 3.13. The molecule has 0 atom stereocenters. The summed E-state index contributed by atoms with van der Waals surface area (Å²) in [6.45, 7) is 5.47. The number of carbonyl (C=O) groups is 1. The van der Waals surface area contributed by atoms with E-state index in [-0.39, 0.29) is 17.9 Å². The molecular weight excluding hydrogens is 260 g/mol. The molecular formula is C13H16N4OS. The maximum atomic E-state index is 11.8. The molecule has 3 rings (SSSR count). The van der Waals surface area contributed by atoms with Crippen molar-refractivity contribution in [3.05, 3.63) is 18.5 Å². The van der Waals surface area contributed by atoms with Crippen molar-refractivity contribution in [1.29, 1.82) is 0 Å². The molecule has 0 unspecified atom stereocenters. The molecule has 6 heteroatoms. The molecule has 1 aliphatic rings. The summed E-state index contributed by atoms with van der Waals surface area (Å²) in [4.78, 5) is 22.6. The molecule has 0 bridgehead atoms. The van der Waals surface area contributed by atoms with Crippen molar-refractivity contribution in [3.8, 4) is 0 Å². The van der Waals surface area contributed by atoms with Crippen molar-refractivity contribution in [1.82, 2.24) is 15.3 Å². The van der Waals surface area contributed by atoms with E-state index < -0.39 is 0 Å². The first-order chi connectivity index (χ1) is 9.13. The number of hydrogen-bond acceptors (Lipinski definition) is 5. The molecule has 3 heterocycles.